The van der Waals surface area contributed by atoms with Crippen LogP contribution in [0.3, 0.4) is 0 Å². The molecule has 0 aromatic carbocycles. The molecule has 26 heavy (non-hydrogen) atoms. The summed E-state index contributed by atoms with van der Waals surface area (Å²) in [6.45, 7) is 6.97. The molecule has 2 rings (SSSR count). The Hall–Kier alpha value is -1.89. The number of fused-ring (bicyclic) bond motifs is 1. The van der Waals surface area contributed by atoms with Crippen molar-refractivity contribution >= 4 is 34.2 Å². The van der Waals surface area contributed by atoms with Crippen molar-refractivity contribution in [3.05, 3.63) is 16.0 Å². The van der Waals surface area contributed by atoms with E-state index in [2.05, 4.69) is 12.2 Å². The topological polar surface area (TPSA) is 81.7 Å². The smallest absolute Gasteiger partial charge is 0.341 e. The summed E-state index contributed by atoms with van der Waals surface area (Å²) in [4.78, 5) is 37.0. The maximum Gasteiger partial charge on any atom is 0.341 e. The standard InChI is InChI=1S/C19H27NO5S/c1-5-7-13-8-9-14-15(10-13)26-18(16(14)19(23)24-6-2)20-17(22)11(3)25-12(4)21/h11,13H,5-10H2,1-4H3,(H,20,22)/t11-,13-/m0/s1. The Morgan fingerprint density at radius 2 is 2.04 bits per heavy atom. The Bertz CT molecular complexity index is 682. The van der Waals surface area contributed by atoms with Gasteiger partial charge in [-0.1, -0.05) is 19.8 Å². The lowest BCUT2D eigenvalue weighted by atomic mass is 9.84. The summed E-state index contributed by atoms with van der Waals surface area (Å²) in [5.74, 6) is -0.764. The van der Waals surface area contributed by atoms with Gasteiger partial charge >= 0.3 is 11.9 Å². The van der Waals surface area contributed by atoms with E-state index in [9.17, 15) is 14.4 Å². The van der Waals surface area contributed by atoms with E-state index in [1.807, 2.05) is 0 Å². The third-order valence-electron chi connectivity index (χ3n) is 4.49. The van der Waals surface area contributed by atoms with E-state index in [0.717, 1.165) is 42.5 Å². The van der Waals surface area contributed by atoms with Crippen LogP contribution in [-0.4, -0.2) is 30.6 Å². The lowest BCUT2D eigenvalue weighted by Gasteiger charge is -2.21. The van der Waals surface area contributed by atoms with Gasteiger partial charge in [-0.2, -0.15) is 0 Å². The third-order valence-corrected chi connectivity index (χ3v) is 5.66. The fourth-order valence-electron chi connectivity index (χ4n) is 3.33. The zero-order valence-electron chi connectivity index (χ0n) is 15.8. The molecule has 1 heterocycles. The van der Waals surface area contributed by atoms with Crippen molar-refractivity contribution < 1.29 is 23.9 Å². The van der Waals surface area contributed by atoms with Gasteiger partial charge in [-0.3, -0.25) is 9.59 Å². The van der Waals surface area contributed by atoms with Crippen molar-refractivity contribution in [2.45, 2.75) is 65.9 Å². The van der Waals surface area contributed by atoms with Crippen LogP contribution < -0.4 is 5.32 Å². The molecule has 6 nitrogen and oxygen atoms in total. The van der Waals surface area contributed by atoms with Crippen molar-refractivity contribution in [3.8, 4) is 0 Å². The molecule has 0 radical (unpaired) electrons. The Morgan fingerprint density at radius 3 is 2.65 bits per heavy atom. The number of esters is 2. The quantitative estimate of drug-likeness (QED) is 0.728. The number of anilines is 1. The Balaban J connectivity index is 2.28. The highest BCUT2D eigenvalue weighted by atomic mass is 32.1. The number of thiophene rings is 1. The number of rotatable bonds is 7. The van der Waals surface area contributed by atoms with Crippen molar-refractivity contribution in [3.63, 3.8) is 0 Å². The minimum Gasteiger partial charge on any atom is -0.462 e. The normalized spacial score (nSPS) is 17.2. The molecule has 144 valence electrons. The fourth-order valence-corrected chi connectivity index (χ4v) is 4.69. The first-order valence-corrected chi connectivity index (χ1v) is 9.98. The Labute approximate surface area is 158 Å². The fraction of sp³-hybridized carbons (Fsp3) is 0.632. The number of ether oxygens (including phenoxy) is 2. The molecule has 0 spiro atoms. The second-order valence-electron chi connectivity index (χ2n) is 6.57. The van der Waals surface area contributed by atoms with Gasteiger partial charge in [0, 0.05) is 11.8 Å². The van der Waals surface area contributed by atoms with E-state index < -0.39 is 23.9 Å². The predicted molar refractivity (Wildman–Crippen MR) is 101 cm³/mol. The van der Waals surface area contributed by atoms with Gasteiger partial charge < -0.3 is 14.8 Å². The van der Waals surface area contributed by atoms with Crippen LogP contribution in [0.15, 0.2) is 0 Å². The van der Waals surface area contributed by atoms with Gasteiger partial charge in [0.2, 0.25) is 0 Å². The minimum absolute atomic E-state index is 0.277. The number of carbonyl (C=O) groups is 3. The molecule has 1 aromatic heterocycles. The lowest BCUT2D eigenvalue weighted by Crippen LogP contribution is -2.29. The SMILES string of the molecule is CCC[C@H]1CCc2c(sc(NC(=O)[C@H](C)OC(C)=O)c2C(=O)OCC)C1. The summed E-state index contributed by atoms with van der Waals surface area (Å²) in [7, 11) is 0. The highest BCUT2D eigenvalue weighted by Crippen LogP contribution is 2.41. The zero-order valence-corrected chi connectivity index (χ0v) is 16.7. The third kappa shape index (κ3) is 4.84. The Morgan fingerprint density at radius 1 is 1.31 bits per heavy atom. The summed E-state index contributed by atoms with van der Waals surface area (Å²) in [6, 6.07) is 0. The van der Waals surface area contributed by atoms with Crippen molar-refractivity contribution in [1.82, 2.24) is 0 Å². The highest BCUT2D eigenvalue weighted by molar-refractivity contribution is 7.17. The second-order valence-corrected chi connectivity index (χ2v) is 7.67. The molecule has 0 saturated carbocycles. The molecule has 1 amide bonds. The average Bonchev–Trinajstić information content (AvgIpc) is 2.91. The van der Waals surface area contributed by atoms with Crippen LogP contribution in [0.2, 0.25) is 0 Å². The molecule has 0 bridgehead atoms. The van der Waals surface area contributed by atoms with Gasteiger partial charge in [0.05, 0.1) is 12.2 Å². The van der Waals surface area contributed by atoms with Gasteiger partial charge in [-0.25, -0.2) is 4.79 Å². The molecule has 1 aliphatic carbocycles. The van der Waals surface area contributed by atoms with Crippen LogP contribution in [-0.2, 0) is 31.9 Å². The van der Waals surface area contributed by atoms with Crippen molar-refractivity contribution in [2.75, 3.05) is 11.9 Å². The largest absolute Gasteiger partial charge is 0.462 e. The van der Waals surface area contributed by atoms with Crippen LogP contribution in [0.4, 0.5) is 5.00 Å². The van der Waals surface area contributed by atoms with Crippen LogP contribution in [0.5, 0.6) is 0 Å². The number of hydrogen-bond acceptors (Lipinski definition) is 6. The molecule has 1 aromatic rings. The van der Waals surface area contributed by atoms with Gasteiger partial charge in [0.25, 0.3) is 5.91 Å². The maximum absolute atomic E-state index is 12.5. The average molecular weight is 381 g/mol. The lowest BCUT2D eigenvalue weighted by molar-refractivity contribution is -0.150. The van der Waals surface area contributed by atoms with E-state index in [1.54, 1.807) is 6.92 Å². The first-order chi connectivity index (χ1) is 12.4. The first-order valence-electron chi connectivity index (χ1n) is 9.17. The zero-order chi connectivity index (χ0) is 19.3. The molecule has 1 N–H and O–H groups in total. The van der Waals surface area contributed by atoms with E-state index in [4.69, 9.17) is 9.47 Å². The summed E-state index contributed by atoms with van der Waals surface area (Å²) >= 11 is 1.44. The van der Waals surface area contributed by atoms with Crippen molar-refractivity contribution in [2.24, 2.45) is 5.92 Å². The first kappa shape index (κ1) is 20.4. The Kier molecular flexibility index (Phi) is 7.20. The molecule has 0 aliphatic heterocycles. The van der Waals surface area contributed by atoms with Gasteiger partial charge in [-0.05, 0) is 44.6 Å². The van der Waals surface area contributed by atoms with Gasteiger partial charge in [-0.15, -0.1) is 11.3 Å². The minimum atomic E-state index is -0.922. The maximum atomic E-state index is 12.5. The number of carbonyl (C=O) groups excluding carboxylic acids is 3. The van der Waals surface area contributed by atoms with E-state index in [0.29, 0.717) is 16.5 Å². The van der Waals surface area contributed by atoms with Crippen LogP contribution >= 0.6 is 11.3 Å². The van der Waals surface area contributed by atoms with E-state index >= 15 is 0 Å². The molecule has 2 atom stereocenters. The molecular weight excluding hydrogens is 354 g/mol. The highest BCUT2D eigenvalue weighted by Gasteiger charge is 2.30. The van der Waals surface area contributed by atoms with Gasteiger partial charge in [0.15, 0.2) is 6.10 Å². The van der Waals surface area contributed by atoms with E-state index in [-0.39, 0.29) is 6.61 Å². The summed E-state index contributed by atoms with van der Waals surface area (Å²) in [5, 5.41) is 3.26. The molecule has 0 fully saturated rings. The number of amides is 1. The molecule has 7 heteroatoms. The predicted octanol–water partition coefficient (Wildman–Crippen LogP) is 3.72. The number of nitrogens with one attached hydrogen (secondary N) is 1. The molecule has 1 aliphatic rings. The molecular formula is C19H27NO5S. The van der Waals surface area contributed by atoms with Crippen LogP contribution in [0, 0.1) is 5.92 Å². The molecule has 0 unspecified atom stereocenters. The second kappa shape index (κ2) is 9.16. The van der Waals surface area contributed by atoms with Crippen molar-refractivity contribution in [1.29, 1.82) is 0 Å². The summed E-state index contributed by atoms with van der Waals surface area (Å²) in [6.07, 6.45) is 4.17. The molecule has 0 saturated heterocycles. The monoisotopic (exact) mass is 381 g/mol. The van der Waals surface area contributed by atoms with E-state index in [1.165, 1.54) is 25.2 Å². The van der Waals surface area contributed by atoms with Crippen LogP contribution in [0.1, 0.15) is 67.8 Å². The summed E-state index contributed by atoms with van der Waals surface area (Å²) in [5.41, 5.74) is 1.46. The van der Waals surface area contributed by atoms with Crippen LogP contribution in [0.25, 0.3) is 0 Å². The summed E-state index contributed by atoms with van der Waals surface area (Å²) < 4.78 is 10.1. The van der Waals surface area contributed by atoms with Gasteiger partial charge in [0.1, 0.15) is 5.00 Å². The number of hydrogen-bond donors (Lipinski definition) is 1.